The summed E-state index contributed by atoms with van der Waals surface area (Å²) in [7, 11) is 8.28. The van der Waals surface area contributed by atoms with Gasteiger partial charge in [0, 0.05) is 84.4 Å². The molecule has 0 aromatic carbocycles. The first-order valence-electron chi connectivity index (χ1n) is 24.7. The summed E-state index contributed by atoms with van der Waals surface area (Å²) in [6.07, 6.45) is -0.593. The van der Waals surface area contributed by atoms with E-state index >= 15 is 0 Å². The standard InChI is InChI=1S/C49H84O17/c1-24-40(56-13)26(3)47(10,52)65-41(24)35-17-16-33(60-35)34-18-20-37(61-34)46(9)43(58-15)28(5)49(66-46)25(2)36(55-12)22-31(62-49)23-38-45(8,64-39-21-19-32(54-11)30(7)59-39)42(57-14)27(4)48(53,63-38)29(6)44(50)51/h24-43,52-53H,16-23H2,1-15H3,(H,50,51)/t24-,25?,26+,27-,28+,29-,30+,31-,32-,33+,34-,35+,36+,37+,38-,39-,40-,41-,42-,43+,45-,46+,47-,48-,49?/m0/s1. The summed E-state index contributed by atoms with van der Waals surface area (Å²) in [6, 6.07) is 0. The van der Waals surface area contributed by atoms with Crippen LogP contribution < -0.4 is 0 Å². The van der Waals surface area contributed by atoms with E-state index in [4.69, 9.17) is 61.6 Å². The molecule has 382 valence electrons. The maximum absolute atomic E-state index is 12.6. The molecule has 7 aliphatic heterocycles. The van der Waals surface area contributed by atoms with Crippen molar-refractivity contribution in [3.8, 4) is 0 Å². The largest absolute Gasteiger partial charge is 0.481 e. The summed E-state index contributed by atoms with van der Waals surface area (Å²) < 4.78 is 85.1. The van der Waals surface area contributed by atoms with Crippen molar-refractivity contribution >= 4 is 5.97 Å². The normalized spacial score (nSPS) is 53.9. The van der Waals surface area contributed by atoms with Crippen LogP contribution in [0.25, 0.3) is 0 Å². The minimum Gasteiger partial charge on any atom is -0.481 e. The van der Waals surface area contributed by atoms with Crippen molar-refractivity contribution < 1.29 is 81.7 Å². The highest BCUT2D eigenvalue weighted by Crippen LogP contribution is 2.57. The fourth-order valence-electron chi connectivity index (χ4n) is 13.7. The Morgan fingerprint density at radius 1 is 0.682 bits per heavy atom. The topological polar surface area (TPSA) is 198 Å². The SMILES string of the molecule is CO[C@H]1[C@H](C)[C@@H]([C@H]2CC[C@H]([C@@H]3CC[C@H]([C@@]4(C)OC5(O[C@H](C[C@@H]6O[C@](O)([C@@H](C)C(=O)O)[C@@H](C)[C@H](OC)[C@@]6(C)O[C@H]6CC[C@H](OC)[C@@H](C)O6)C[C@@H](OC)C5C)[C@H](C)[C@H]4OC)O3)O2)O[C@](C)(O)[C@@H]1C. The zero-order valence-corrected chi connectivity index (χ0v) is 42.3. The fourth-order valence-corrected chi connectivity index (χ4v) is 13.7. The summed E-state index contributed by atoms with van der Waals surface area (Å²) in [5.74, 6) is -8.75. The Bertz CT molecular complexity index is 1650. The summed E-state index contributed by atoms with van der Waals surface area (Å²) in [5.41, 5.74) is -2.19. The summed E-state index contributed by atoms with van der Waals surface area (Å²) in [6.45, 7) is 19.0. The zero-order chi connectivity index (χ0) is 48.5. The molecule has 2 unspecified atom stereocenters. The molecule has 7 saturated heterocycles. The predicted molar refractivity (Wildman–Crippen MR) is 237 cm³/mol. The zero-order valence-electron chi connectivity index (χ0n) is 42.3. The van der Waals surface area contributed by atoms with Gasteiger partial charge in [-0.1, -0.05) is 34.6 Å². The number of rotatable bonds is 14. The second-order valence-electron chi connectivity index (χ2n) is 21.5. The molecule has 7 rings (SSSR count). The van der Waals surface area contributed by atoms with Crippen molar-refractivity contribution in [2.45, 2.75) is 235 Å². The second kappa shape index (κ2) is 19.8. The van der Waals surface area contributed by atoms with Crippen LogP contribution in [0.1, 0.15) is 121 Å². The lowest BCUT2D eigenvalue weighted by molar-refractivity contribution is -0.403. The predicted octanol–water partition coefficient (Wildman–Crippen LogP) is 5.22. The molecule has 0 bridgehead atoms. The van der Waals surface area contributed by atoms with E-state index in [0.717, 1.165) is 19.3 Å². The van der Waals surface area contributed by atoms with Crippen LogP contribution in [0, 0.1) is 35.5 Å². The minimum atomic E-state index is -2.12. The third-order valence-corrected chi connectivity index (χ3v) is 17.8. The number of aliphatic hydroxyl groups is 2. The molecule has 3 N–H and O–H groups in total. The maximum Gasteiger partial charge on any atom is 0.311 e. The smallest absolute Gasteiger partial charge is 0.311 e. The highest BCUT2D eigenvalue weighted by molar-refractivity contribution is 5.70. The average molecular weight is 945 g/mol. The molecule has 7 fully saturated rings. The lowest BCUT2D eigenvalue weighted by atomic mass is 9.71. The molecule has 7 heterocycles. The molecular weight excluding hydrogens is 861 g/mol. The van der Waals surface area contributed by atoms with Gasteiger partial charge in [-0.25, -0.2) is 0 Å². The third kappa shape index (κ3) is 8.96. The van der Waals surface area contributed by atoms with Crippen LogP contribution in [0.4, 0.5) is 0 Å². The van der Waals surface area contributed by atoms with Crippen LogP contribution in [0.2, 0.25) is 0 Å². The van der Waals surface area contributed by atoms with Gasteiger partial charge < -0.3 is 76.9 Å². The lowest BCUT2D eigenvalue weighted by Gasteiger charge is -2.58. The Labute approximate surface area is 392 Å². The van der Waals surface area contributed by atoms with Gasteiger partial charge in [0.25, 0.3) is 0 Å². The highest BCUT2D eigenvalue weighted by Gasteiger charge is 2.70. The van der Waals surface area contributed by atoms with Crippen molar-refractivity contribution in [1.82, 2.24) is 0 Å². The van der Waals surface area contributed by atoms with Crippen molar-refractivity contribution in [2.75, 3.05) is 35.5 Å². The molecule has 7 aliphatic rings. The first-order chi connectivity index (χ1) is 31.0. The molecule has 0 aromatic rings. The quantitative estimate of drug-likeness (QED) is 0.205. The van der Waals surface area contributed by atoms with Crippen LogP contribution >= 0.6 is 0 Å². The van der Waals surface area contributed by atoms with Gasteiger partial charge in [-0.05, 0) is 66.7 Å². The van der Waals surface area contributed by atoms with E-state index in [0.29, 0.717) is 25.7 Å². The van der Waals surface area contributed by atoms with Gasteiger partial charge in [-0.2, -0.15) is 0 Å². The molecule has 66 heavy (non-hydrogen) atoms. The van der Waals surface area contributed by atoms with Crippen LogP contribution in [-0.2, 0) is 66.4 Å². The Hall–Kier alpha value is -1.13. The summed E-state index contributed by atoms with van der Waals surface area (Å²) >= 11 is 0. The first kappa shape index (κ1) is 52.7. The van der Waals surface area contributed by atoms with Crippen LogP contribution in [-0.4, -0.2) is 171 Å². The number of carboxylic acid groups (broad SMARTS) is 1. The molecular formula is C49H84O17. The van der Waals surface area contributed by atoms with E-state index in [1.165, 1.54) is 14.0 Å². The van der Waals surface area contributed by atoms with Crippen LogP contribution in [0.15, 0.2) is 0 Å². The van der Waals surface area contributed by atoms with Gasteiger partial charge in [-0.3, -0.25) is 4.79 Å². The van der Waals surface area contributed by atoms with Gasteiger partial charge in [0.1, 0.15) is 17.1 Å². The van der Waals surface area contributed by atoms with Crippen LogP contribution in [0.5, 0.6) is 0 Å². The number of aliphatic carboxylic acids is 1. The molecule has 17 heteroatoms. The van der Waals surface area contributed by atoms with Gasteiger partial charge >= 0.3 is 5.97 Å². The molecule has 0 aromatic heterocycles. The second-order valence-corrected chi connectivity index (χ2v) is 21.5. The maximum atomic E-state index is 12.6. The Morgan fingerprint density at radius 2 is 1.32 bits per heavy atom. The lowest BCUT2D eigenvalue weighted by Crippen LogP contribution is -2.71. The molecule has 0 aliphatic carbocycles. The highest BCUT2D eigenvalue weighted by atomic mass is 16.8. The minimum absolute atomic E-state index is 0.0173. The monoisotopic (exact) mass is 945 g/mol. The van der Waals surface area contributed by atoms with Gasteiger partial charge in [-0.15, -0.1) is 0 Å². The van der Waals surface area contributed by atoms with Crippen molar-refractivity contribution in [2.24, 2.45) is 35.5 Å². The molecule has 17 nitrogen and oxygen atoms in total. The van der Waals surface area contributed by atoms with Crippen LogP contribution in [0.3, 0.4) is 0 Å². The number of hydrogen-bond acceptors (Lipinski definition) is 16. The average Bonchev–Trinajstić information content (AvgIpc) is 4.01. The Balaban J connectivity index is 1.12. The van der Waals surface area contributed by atoms with E-state index in [1.807, 2.05) is 20.8 Å². The van der Waals surface area contributed by atoms with E-state index in [2.05, 4.69) is 27.7 Å². The van der Waals surface area contributed by atoms with Gasteiger partial charge in [0.2, 0.25) is 0 Å². The fraction of sp³-hybridized carbons (Fsp3) is 0.980. The first-order valence-corrected chi connectivity index (χ1v) is 24.7. The van der Waals surface area contributed by atoms with Gasteiger partial charge in [0.15, 0.2) is 23.7 Å². The molecule has 0 amide bonds. The third-order valence-electron chi connectivity index (χ3n) is 17.8. The van der Waals surface area contributed by atoms with E-state index in [1.54, 1.807) is 42.3 Å². The van der Waals surface area contributed by atoms with Crippen molar-refractivity contribution in [3.63, 3.8) is 0 Å². The Kier molecular flexibility index (Phi) is 15.8. The number of hydrogen-bond donors (Lipinski definition) is 3. The number of methoxy groups -OCH3 is 5. The van der Waals surface area contributed by atoms with Crippen molar-refractivity contribution in [1.29, 1.82) is 0 Å². The van der Waals surface area contributed by atoms with E-state index in [-0.39, 0.29) is 85.0 Å². The Morgan fingerprint density at radius 3 is 1.92 bits per heavy atom. The molecule has 1 spiro atoms. The van der Waals surface area contributed by atoms with Gasteiger partial charge in [0.05, 0.1) is 79.4 Å². The van der Waals surface area contributed by atoms with Crippen molar-refractivity contribution in [3.05, 3.63) is 0 Å². The summed E-state index contributed by atoms with van der Waals surface area (Å²) in [5, 5.41) is 33.7. The molecule has 25 atom stereocenters. The van der Waals surface area contributed by atoms with E-state index < -0.39 is 77.1 Å². The molecule has 0 saturated carbocycles. The number of carbonyl (C=O) groups is 1. The van der Waals surface area contributed by atoms with E-state index in [9.17, 15) is 20.1 Å². The number of carboxylic acids is 1. The number of ether oxygens (including phenoxy) is 13. The molecule has 0 radical (unpaired) electrons. The summed E-state index contributed by atoms with van der Waals surface area (Å²) in [4.78, 5) is 12.6.